The summed E-state index contributed by atoms with van der Waals surface area (Å²) in [5.41, 5.74) is 12.4. The fourth-order valence-corrected chi connectivity index (χ4v) is 2.18. The molecule has 1 aliphatic rings. The van der Waals surface area contributed by atoms with E-state index in [1.165, 1.54) is 6.33 Å². The molecule has 0 unspecified atom stereocenters. The zero-order valence-electron chi connectivity index (χ0n) is 9.60. The molecule has 1 fully saturated rings. The van der Waals surface area contributed by atoms with Gasteiger partial charge in [-0.3, -0.25) is 4.57 Å². The number of nitrogens with two attached hydrogens (primary N) is 2. The van der Waals surface area contributed by atoms with Gasteiger partial charge in [-0.2, -0.15) is 0 Å². The number of hydrogen-bond acceptors (Lipinski definition) is 7. The standard InChI is InChI=1S/C10H14N6O2/c11-2-6-5(17)1-7(18-6)16-4-15-8-9(12)13-3-14-10(8)16/h3-7,17H,1-2,11H2,(H2,12,13,14)/t5-,6-,7-/m1/s1. The highest BCUT2D eigenvalue weighted by atomic mass is 16.5. The zero-order valence-corrected chi connectivity index (χ0v) is 9.60. The summed E-state index contributed by atoms with van der Waals surface area (Å²) >= 11 is 0. The molecule has 3 heterocycles. The highest BCUT2D eigenvalue weighted by Crippen LogP contribution is 2.30. The number of rotatable bonds is 2. The van der Waals surface area contributed by atoms with Crippen LogP contribution in [0.3, 0.4) is 0 Å². The molecule has 0 aromatic carbocycles. The lowest BCUT2D eigenvalue weighted by Crippen LogP contribution is -2.29. The molecule has 0 amide bonds. The van der Waals surface area contributed by atoms with Crippen LogP contribution in [0.15, 0.2) is 12.7 Å². The van der Waals surface area contributed by atoms with Gasteiger partial charge in [0, 0.05) is 13.0 Å². The summed E-state index contributed by atoms with van der Waals surface area (Å²) in [7, 11) is 0. The summed E-state index contributed by atoms with van der Waals surface area (Å²) in [6.45, 7) is 0.279. The normalized spacial score (nSPS) is 28.0. The molecule has 0 aliphatic carbocycles. The number of aliphatic hydroxyl groups is 1. The van der Waals surface area contributed by atoms with Gasteiger partial charge in [-0.1, -0.05) is 0 Å². The minimum atomic E-state index is -0.573. The maximum absolute atomic E-state index is 9.79. The Bertz CT molecular complexity index is 570. The summed E-state index contributed by atoms with van der Waals surface area (Å²) < 4.78 is 7.40. The van der Waals surface area contributed by atoms with Gasteiger partial charge in [-0.05, 0) is 0 Å². The Hall–Kier alpha value is -1.77. The second-order valence-corrected chi connectivity index (χ2v) is 4.25. The fourth-order valence-electron chi connectivity index (χ4n) is 2.18. The lowest BCUT2D eigenvalue weighted by atomic mass is 10.2. The molecule has 8 heteroatoms. The second-order valence-electron chi connectivity index (χ2n) is 4.25. The molecule has 18 heavy (non-hydrogen) atoms. The molecule has 8 nitrogen and oxygen atoms in total. The topological polar surface area (TPSA) is 125 Å². The second kappa shape index (κ2) is 4.16. The first-order chi connectivity index (χ1) is 8.70. The van der Waals surface area contributed by atoms with Gasteiger partial charge in [-0.25, -0.2) is 15.0 Å². The minimum Gasteiger partial charge on any atom is -0.390 e. The Balaban J connectivity index is 1.99. The Labute approximate surface area is 103 Å². The van der Waals surface area contributed by atoms with E-state index in [-0.39, 0.29) is 18.9 Å². The van der Waals surface area contributed by atoms with Crippen LogP contribution in [0.4, 0.5) is 5.82 Å². The Kier molecular flexibility index (Phi) is 2.62. The van der Waals surface area contributed by atoms with E-state index in [0.29, 0.717) is 23.4 Å². The average molecular weight is 250 g/mol. The lowest BCUT2D eigenvalue weighted by molar-refractivity contribution is -0.0115. The molecule has 1 saturated heterocycles. The molecule has 0 radical (unpaired) electrons. The monoisotopic (exact) mass is 250 g/mol. The first-order valence-electron chi connectivity index (χ1n) is 5.67. The van der Waals surface area contributed by atoms with E-state index in [4.69, 9.17) is 16.2 Å². The quantitative estimate of drug-likeness (QED) is 0.625. The molecular weight excluding hydrogens is 236 g/mol. The van der Waals surface area contributed by atoms with Crippen molar-refractivity contribution >= 4 is 17.0 Å². The third-order valence-corrected chi connectivity index (χ3v) is 3.13. The molecule has 2 aromatic rings. The van der Waals surface area contributed by atoms with Crippen molar-refractivity contribution in [1.82, 2.24) is 19.5 Å². The highest BCUT2D eigenvalue weighted by molar-refractivity contribution is 5.81. The van der Waals surface area contributed by atoms with Crippen molar-refractivity contribution < 1.29 is 9.84 Å². The zero-order chi connectivity index (χ0) is 12.7. The number of hydrogen-bond donors (Lipinski definition) is 3. The van der Waals surface area contributed by atoms with Crippen LogP contribution >= 0.6 is 0 Å². The third-order valence-electron chi connectivity index (χ3n) is 3.13. The van der Waals surface area contributed by atoms with Crippen LogP contribution in [-0.2, 0) is 4.74 Å². The fraction of sp³-hybridized carbons (Fsp3) is 0.500. The van der Waals surface area contributed by atoms with Crippen LogP contribution in [0.2, 0.25) is 0 Å². The number of ether oxygens (including phenoxy) is 1. The molecule has 2 aromatic heterocycles. The number of imidazole rings is 1. The third kappa shape index (κ3) is 1.62. The van der Waals surface area contributed by atoms with Gasteiger partial charge in [0.15, 0.2) is 11.5 Å². The van der Waals surface area contributed by atoms with Crippen LogP contribution in [0, 0.1) is 0 Å². The maximum atomic E-state index is 9.79. The number of aliphatic hydroxyl groups excluding tert-OH is 1. The molecule has 3 rings (SSSR count). The van der Waals surface area contributed by atoms with Gasteiger partial charge in [-0.15, -0.1) is 0 Å². The van der Waals surface area contributed by atoms with E-state index >= 15 is 0 Å². The van der Waals surface area contributed by atoms with E-state index in [1.807, 2.05) is 0 Å². The van der Waals surface area contributed by atoms with Crippen LogP contribution in [0.25, 0.3) is 11.2 Å². The van der Waals surface area contributed by atoms with Crippen molar-refractivity contribution in [2.24, 2.45) is 5.73 Å². The largest absolute Gasteiger partial charge is 0.390 e. The summed E-state index contributed by atoms with van der Waals surface area (Å²) in [6.07, 6.45) is 2.17. The van der Waals surface area contributed by atoms with Crippen molar-refractivity contribution in [1.29, 1.82) is 0 Å². The smallest absolute Gasteiger partial charge is 0.167 e. The summed E-state index contributed by atoms with van der Waals surface area (Å²) in [6, 6.07) is 0. The lowest BCUT2D eigenvalue weighted by Gasteiger charge is -2.13. The molecular formula is C10H14N6O2. The van der Waals surface area contributed by atoms with Gasteiger partial charge in [0.25, 0.3) is 0 Å². The summed E-state index contributed by atoms with van der Waals surface area (Å²) in [5.74, 6) is 0.327. The Morgan fingerprint density at radius 1 is 1.44 bits per heavy atom. The first kappa shape index (κ1) is 11.3. The summed E-state index contributed by atoms with van der Waals surface area (Å²) in [5, 5.41) is 9.79. The molecule has 96 valence electrons. The van der Waals surface area contributed by atoms with Crippen molar-refractivity contribution in [3.05, 3.63) is 12.7 Å². The molecule has 5 N–H and O–H groups in total. The van der Waals surface area contributed by atoms with Gasteiger partial charge < -0.3 is 21.3 Å². The van der Waals surface area contributed by atoms with Crippen molar-refractivity contribution in [3.63, 3.8) is 0 Å². The van der Waals surface area contributed by atoms with E-state index in [0.717, 1.165) is 0 Å². The van der Waals surface area contributed by atoms with Crippen LogP contribution in [-0.4, -0.2) is 43.4 Å². The highest BCUT2D eigenvalue weighted by Gasteiger charge is 2.34. The number of nitrogens with zero attached hydrogens (tertiary/aromatic N) is 4. The first-order valence-corrected chi connectivity index (χ1v) is 5.67. The molecule has 3 atom stereocenters. The Morgan fingerprint density at radius 3 is 3.00 bits per heavy atom. The molecule has 0 bridgehead atoms. The SMILES string of the molecule is NC[C@H]1O[C@@H](n2cnc3c(N)ncnc32)C[C@H]1O. The van der Waals surface area contributed by atoms with Crippen LogP contribution in [0.1, 0.15) is 12.6 Å². The number of anilines is 1. The van der Waals surface area contributed by atoms with Crippen molar-refractivity contribution in [2.45, 2.75) is 24.9 Å². The van der Waals surface area contributed by atoms with Gasteiger partial charge in [0.2, 0.25) is 0 Å². The predicted octanol–water partition coefficient (Wildman–Crippen LogP) is -0.984. The number of fused-ring (bicyclic) bond motifs is 1. The van der Waals surface area contributed by atoms with Crippen molar-refractivity contribution in [2.75, 3.05) is 12.3 Å². The number of nitrogen functional groups attached to an aromatic ring is 1. The van der Waals surface area contributed by atoms with E-state index in [9.17, 15) is 5.11 Å². The Morgan fingerprint density at radius 2 is 2.28 bits per heavy atom. The van der Waals surface area contributed by atoms with Crippen LogP contribution in [0.5, 0.6) is 0 Å². The maximum Gasteiger partial charge on any atom is 0.167 e. The number of aromatic nitrogens is 4. The molecule has 0 spiro atoms. The molecule has 1 aliphatic heterocycles. The van der Waals surface area contributed by atoms with Gasteiger partial charge in [0.1, 0.15) is 18.1 Å². The van der Waals surface area contributed by atoms with E-state index in [2.05, 4.69) is 15.0 Å². The van der Waals surface area contributed by atoms with Gasteiger partial charge in [0.05, 0.1) is 18.5 Å². The minimum absolute atomic E-state index is 0.279. The van der Waals surface area contributed by atoms with Gasteiger partial charge >= 0.3 is 0 Å². The molecule has 0 saturated carbocycles. The van der Waals surface area contributed by atoms with E-state index in [1.54, 1.807) is 10.9 Å². The average Bonchev–Trinajstić information content (AvgIpc) is 2.93. The summed E-state index contributed by atoms with van der Waals surface area (Å²) in [4.78, 5) is 12.2. The van der Waals surface area contributed by atoms with E-state index < -0.39 is 6.10 Å². The predicted molar refractivity (Wildman–Crippen MR) is 63.3 cm³/mol. The van der Waals surface area contributed by atoms with Crippen molar-refractivity contribution in [3.8, 4) is 0 Å². The van der Waals surface area contributed by atoms with Crippen LogP contribution < -0.4 is 11.5 Å².